The summed E-state index contributed by atoms with van der Waals surface area (Å²) in [4.78, 5) is 40.5. The lowest BCUT2D eigenvalue weighted by Crippen LogP contribution is -2.30. The zero-order valence-corrected chi connectivity index (χ0v) is 16.0. The molecule has 0 saturated carbocycles. The first-order valence-corrected chi connectivity index (χ1v) is 9.24. The number of nitrogens with zero attached hydrogens (tertiary/aromatic N) is 3. The number of nitrogens with one attached hydrogen (secondary N) is 1. The van der Waals surface area contributed by atoms with Crippen molar-refractivity contribution in [3.63, 3.8) is 0 Å². The number of fused-ring (bicyclic) bond motifs is 1. The van der Waals surface area contributed by atoms with Crippen molar-refractivity contribution in [2.75, 3.05) is 6.54 Å². The molecule has 3 rings (SSSR count). The number of rotatable bonds is 6. The third kappa shape index (κ3) is 4.58. The van der Waals surface area contributed by atoms with Crippen LogP contribution in [0.5, 0.6) is 0 Å². The molecule has 0 saturated heterocycles. The third-order valence-corrected chi connectivity index (χ3v) is 4.90. The Morgan fingerprint density at radius 1 is 1.29 bits per heavy atom. The first-order chi connectivity index (χ1) is 13.3. The maximum atomic E-state index is 12.9. The maximum absolute atomic E-state index is 12.9. The summed E-state index contributed by atoms with van der Waals surface area (Å²) in [5.41, 5.74) is 0.159. The van der Waals surface area contributed by atoms with Crippen LogP contribution in [-0.2, 0) is 16.1 Å². The molecule has 0 radical (unpaired) electrons. The number of benzene rings is 1. The fourth-order valence-corrected chi connectivity index (χ4v) is 3.16. The molecule has 1 aromatic carbocycles. The molecule has 0 aliphatic carbocycles. The summed E-state index contributed by atoms with van der Waals surface area (Å²) in [5.74, 6) is -1.51. The van der Waals surface area contributed by atoms with Gasteiger partial charge < -0.3 is 10.1 Å². The second-order valence-corrected chi connectivity index (χ2v) is 7.21. The molecule has 1 amide bonds. The molecule has 0 unspecified atom stereocenters. The van der Waals surface area contributed by atoms with E-state index in [2.05, 4.69) is 15.4 Å². The Bertz CT molecular complexity index is 1080. The number of aromatic nitrogens is 3. The molecule has 10 heteroatoms. The Kier molecular flexibility index (Phi) is 5.78. The summed E-state index contributed by atoms with van der Waals surface area (Å²) in [6, 6.07) is 6.17. The summed E-state index contributed by atoms with van der Waals surface area (Å²) in [6.07, 6.45) is 0. The van der Waals surface area contributed by atoms with E-state index in [0.717, 1.165) is 17.1 Å². The number of halogens is 1. The molecule has 2 heterocycles. The zero-order chi connectivity index (χ0) is 20.3. The van der Waals surface area contributed by atoms with Gasteiger partial charge in [0.2, 0.25) is 4.96 Å². The predicted molar refractivity (Wildman–Crippen MR) is 99.8 cm³/mol. The van der Waals surface area contributed by atoms with Gasteiger partial charge in [0.1, 0.15) is 24.0 Å². The SMILES string of the molecule is CC(C)c1nn2c(=O)cc(COC(=O)CNC(=O)c3ccc(F)cc3)nc2s1. The van der Waals surface area contributed by atoms with Crippen molar-refractivity contribution in [3.05, 3.63) is 62.8 Å². The van der Waals surface area contributed by atoms with E-state index in [-0.39, 0.29) is 30.2 Å². The Hall–Kier alpha value is -3.14. The topological polar surface area (TPSA) is 103 Å². The van der Waals surface area contributed by atoms with E-state index in [9.17, 15) is 18.8 Å². The van der Waals surface area contributed by atoms with Crippen LogP contribution in [0.3, 0.4) is 0 Å². The lowest BCUT2D eigenvalue weighted by Gasteiger charge is -2.06. The smallest absolute Gasteiger partial charge is 0.325 e. The van der Waals surface area contributed by atoms with E-state index < -0.39 is 17.7 Å². The number of ether oxygens (including phenoxy) is 1. The van der Waals surface area contributed by atoms with Gasteiger partial charge in [0, 0.05) is 17.5 Å². The van der Waals surface area contributed by atoms with Crippen LogP contribution < -0.4 is 10.9 Å². The lowest BCUT2D eigenvalue weighted by molar-refractivity contribution is -0.143. The van der Waals surface area contributed by atoms with E-state index in [1.165, 1.54) is 34.1 Å². The molecule has 0 aliphatic rings. The van der Waals surface area contributed by atoms with Gasteiger partial charge in [0.05, 0.1) is 5.69 Å². The van der Waals surface area contributed by atoms with Crippen molar-refractivity contribution < 1.29 is 18.7 Å². The molecule has 0 spiro atoms. The van der Waals surface area contributed by atoms with E-state index in [1.54, 1.807) is 0 Å². The largest absolute Gasteiger partial charge is 0.458 e. The Labute approximate surface area is 163 Å². The van der Waals surface area contributed by atoms with Gasteiger partial charge in [-0.25, -0.2) is 9.37 Å². The van der Waals surface area contributed by atoms with Crippen LogP contribution in [0.15, 0.2) is 35.1 Å². The maximum Gasteiger partial charge on any atom is 0.325 e. The number of amides is 1. The van der Waals surface area contributed by atoms with Crippen molar-refractivity contribution in [3.8, 4) is 0 Å². The minimum absolute atomic E-state index is 0.164. The van der Waals surface area contributed by atoms with Gasteiger partial charge in [-0.15, -0.1) is 0 Å². The van der Waals surface area contributed by atoms with Gasteiger partial charge in [-0.3, -0.25) is 14.4 Å². The Morgan fingerprint density at radius 3 is 2.68 bits per heavy atom. The number of hydrogen-bond acceptors (Lipinski definition) is 7. The van der Waals surface area contributed by atoms with Gasteiger partial charge >= 0.3 is 5.97 Å². The van der Waals surface area contributed by atoms with Crippen LogP contribution in [0.25, 0.3) is 4.96 Å². The molecule has 0 bridgehead atoms. The normalized spacial score (nSPS) is 11.0. The Balaban J connectivity index is 1.57. The van der Waals surface area contributed by atoms with Crippen LogP contribution in [0.4, 0.5) is 4.39 Å². The minimum atomic E-state index is -0.690. The fourth-order valence-electron chi connectivity index (χ4n) is 2.24. The molecule has 1 N–H and O–H groups in total. The average Bonchev–Trinajstić information content (AvgIpc) is 3.10. The summed E-state index contributed by atoms with van der Waals surface area (Å²) in [6.45, 7) is 3.36. The first kappa shape index (κ1) is 19.6. The van der Waals surface area contributed by atoms with Crippen molar-refractivity contribution >= 4 is 28.2 Å². The highest BCUT2D eigenvalue weighted by Crippen LogP contribution is 2.19. The summed E-state index contributed by atoms with van der Waals surface area (Å²) < 4.78 is 19.1. The molecule has 0 atom stereocenters. The molecule has 146 valence electrons. The van der Waals surface area contributed by atoms with Crippen LogP contribution in [0.1, 0.15) is 40.8 Å². The highest BCUT2D eigenvalue weighted by atomic mass is 32.1. The predicted octanol–water partition coefficient (Wildman–Crippen LogP) is 1.89. The highest BCUT2D eigenvalue weighted by molar-refractivity contribution is 7.16. The Morgan fingerprint density at radius 2 is 2.00 bits per heavy atom. The monoisotopic (exact) mass is 404 g/mol. The fraction of sp³-hybridized carbons (Fsp3) is 0.278. The third-order valence-electron chi connectivity index (χ3n) is 3.69. The molecule has 0 fully saturated rings. The van der Waals surface area contributed by atoms with Crippen molar-refractivity contribution in [2.24, 2.45) is 0 Å². The molecular weight excluding hydrogens is 387 g/mol. The van der Waals surface area contributed by atoms with E-state index in [1.807, 2.05) is 13.8 Å². The lowest BCUT2D eigenvalue weighted by atomic mass is 10.2. The average molecular weight is 404 g/mol. The van der Waals surface area contributed by atoms with Crippen LogP contribution in [0, 0.1) is 5.82 Å². The number of carbonyl (C=O) groups is 2. The van der Waals surface area contributed by atoms with Crippen LogP contribution in [0.2, 0.25) is 0 Å². The molecule has 8 nitrogen and oxygen atoms in total. The quantitative estimate of drug-likeness (QED) is 0.630. The van der Waals surface area contributed by atoms with Crippen LogP contribution in [-0.4, -0.2) is 33.0 Å². The number of esters is 1. The summed E-state index contributed by atoms with van der Waals surface area (Å²) >= 11 is 1.30. The van der Waals surface area contributed by atoms with Gasteiger partial charge in [0.25, 0.3) is 11.5 Å². The van der Waals surface area contributed by atoms with Gasteiger partial charge in [-0.1, -0.05) is 25.2 Å². The van der Waals surface area contributed by atoms with Crippen molar-refractivity contribution in [2.45, 2.75) is 26.4 Å². The minimum Gasteiger partial charge on any atom is -0.458 e. The molecule has 28 heavy (non-hydrogen) atoms. The second kappa shape index (κ2) is 8.26. The van der Waals surface area contributed by atoms with Crippen molar-refractivity contribution in [1.82, 2.24) is 19.9 Å². The van der Waals surface area contributed by atoms with E-state index in [4.69, 9.17) is 4.74 Å². The second-order valence-electron chi connectivity index (χ2n) is 6.23. The highest BCUT2D eigenvalue weighted by Gasteiger charge is 2.13. The molecular formula is C18H17FN4O4S. The summed E-state index contributed by atoms with van der Waals surface area (Å²) in [5, 5.41) is 7.37. The van der Waals surface area contributed by atoms with Crippen molar-refractivity contribution in [1.29, 1.82) is 0 Å². The van der Waals surface area contributed by atoms with Gasteiger partial charge in [-0.05, 0) is 24.3 Å². The molecule has 0 aliphatic heterocycles. The summed E-state index contributed by atoms with van der Waals surface area (Å²) in [7, 11) is 0. The number of carbonyl (C=O) groups excluding carboxylic acids is 2. The van der Waals surface area contributed by atoms with Crippen LogP contribution >= 0.6 is 11.3 Å². The van der Waals surface area contributed by atoms with E-state index >= 15 is 0 Å². The molecule has 3 aromatic rings. The number of hydrogen-bond donors (Lipinski definition) is 1. The standard InChI is InChI=1S/C18H17FN4O4S/c1-10(2)17-22-23-14(24)7-13(21-18(23)28-17)9-27-15(25)8-20-16(26)11-3-5-12(19)6-4-11/h3-7,10H,8-9H2,1-2H3,(H,20,26). The zero-order valence-electron chi connectivity index (χ0n) is 15.1. The van der Waals surface area contributed by atoms with E-state index in [0.29, 0.717) is 10.7 Å². The first-order valence-electron chi connectivity index (χ1n) is 8.42. The van der Waals surface area contributed by atoms with Gasteiger partial charge in [0.15, 0.2) is 0 Å². The molecule has 2 aromatic heterocycles. The van der Waals surface area contributed by atoms with Gasteiger partial charge in [-0.2, -0.15) is 9.61 Å².